The first-order valence-electron chi connectivity index (χ1n) is 4.99. The maximum absolute atomic E-state index is 13.6. The third kappa shape index (κ3) is 2.94. The molecule has 16 heavy (non-hydrogen) atoms. The Morgan fingerprint density at radius 3 is 2.00 bits per heavy atom. The molecule has 0 aliphatic rings. The fourth-order valence-corrected chi connectivity index (χ4v) is 2.09. The minimum Gasteiger partial charge on any atom is -0.228 e. The second-order valence-electron chi connectivity index (χ2n) is 4.62. The van der Waals surface area contributed by atoms with E-state index in [0.29, 0.717) is 16.7 Å². The smallest absolute Gasteiger partial charge is 0.228 e. The van der Waals surface area contributed by atoms with Crippen molar-refractivity contribution in [2.75, 3.05) is 0 Å². The van der Waals surface area contributed by atoms with Gasteiger partial charge in [0, 0.05) is 10.3 Å². The highest BCUT2D eigenvalue weighted by atomic mass is 32.2. The maximum atomic E-state index is 13.6. The van der Waals surface area contributed by atoms with Gasteiger partial charge in [0.15, 0.2) is 0 Å². The fraction of sp³-hybridized carbons (Fsp3) is 0.500. The van der Waals surface area contributed by atoms with Crippen LogP contribution >= 0.6 is 11.8 Å². The number of benzene rings is 1. The summed E-state index contributed by atoms with van der Waals surface area (Å²) >= 11 is 0.561. The van der Waals surface area contributed by atoms with Crippen LogP contribution < -0.4 is 0 Å². The average Bonchev–Trinajstić information content (AvgIpc) is 2.17. The molecule has 0 fully saturated rings. The molecule has 0 saturated heterocycles. The highest BCUT2D eigenvalue weighted by molar-refractivity contribution is 7.99. The van der Waals surface area contributed by atoms with Crippen LogP contribution in [0.4, 0.5) is 13.2 Å². The van der Waals surface area contributed by atoms with E-state index in [-0.39, 0.29) is 0 Å². The largest absolute Gasteiger partial charge is 0.292 e. The summed E-state index contributed by atoms with van der Waals surface area (Å²) in [5.74, 6) is -3.35. The molecule has 0 nitrogen and oxygen atoms in total. The lowest BCUT2D eigenvalue weighted by molar-refractivity contribution is -0.123. The molecular weight excluding hydrogens is 233 g/mol. The van der Waals surface area contributed by atoms with E-state index in [2.05, 4.69) is 0 Å². The van der Waals surface area contributed by atoms with Crippen molar-refractivity contribution in [3.05, 3.63) is 30.3 Å². The van der Waals surface area contributed by atoms with Gasteiger partial charge in [-0.25, -0.2) is 13.2 Å². The van der Waals surface area contributed by atoms with Gasteiger partial charge in [-0.1, -0.05) is 50.7 Å². The topological polar surface area (TPSA) is 0 Å². The summed E-state index contributed by atoms with van der Waals surface area (Å²) in [7, 11) is 0. The zero-order valence-corrected chi connectivity index (χ0v) is 10.3. The molecule has 0 heterocycles. The van der Waals surface area contributed by atoms with Crippen LogP contribution in [-0.2, 0) is 0 Å². The normalized spacial score (nSPS) is 14.9. The van der Waals surface area contributed by atoms with Gasteiger partial charge in [-0.3, -0.25) is 0 Å². The first kappa shape index (κ1) is 13.4. The number of thioether (sulfide) groups is 1. The zero-order chi connectivity index (χ0) is 12.4. The van der Waals surface area contributed by atoms with Crippen molar-refractivity contribution in [2.24, 2.45) is 5.41 Å². The predicted octanol–water partition coefficient (Wildman–Crippen LogP) is 4.76. The van der Waals surface area contributed by atoms with Crippen molar-refractivity contribution in [1.29, 1.82) is 0 Å². The van der Waals surface area contributed by atoms with Crippen LogP contribution in [-0.4, -0.2) is 11.4 Å². The Balaban J connectivity index is 2.76. The van der Waals surface area contributed by atoms with Crippen LogP contribution in [0.1, 0.15) is 20.8 Å². The number of hydrogen-bond donors (Lipinski definition) is 0. The highest BCUT2D eigenvalue weighted by Crippen LogP contribution is 2.45. The summed E-state index contributed by atoms with van der Waals surface area (Å²) in [6, 6.07) is 8.40. The van der Waals surface area contributed by atoms with Gasteiger partial charge in [-0.15, -0.1) is 0 Å². The summed E-state index contributed by atoms with van der Waals surface area (Å²) < 4.78 is 40.8. The summed E-state index contributed by atoms with van der Waals surface area (Å²) in [5.41, 5.74) is -3.61. The van der Waals surface area contributed by atoms with Gasteiger partial charge in [0.2, 0.25) is 5.50 Å². The van der Waals surface area contributed by atoms with Crippen LogP contribution in [0.25, 0.3) is 0 Å². The molecule has 90 valence electrons. The van der Waals surface area contributed by atoms with E-state index >= 15 is 0 Å². The highest BCUT2D eigenvalue weighted by Gasteiger charge is 2.51. The molecule has 0 amide bonds. The average molecular weight is 248 g/mol. The van der Waals surface area contributed by atoms with Crippen LogP contribution in [0.15, 0.2) is 35.2 Å². The Hall–Kier alpha value is -0.640. The first-order valence-corrected chi connectivity index (χ1v) is 5.87. The summed E-state index contributed by atoms with van der Waals surface area (Å²) in [5, 5.41) is 0. The summed E-state index contributed by atoms with van der Waals surface area (Å²) in [4.78, 5) is 0.513. The molecule has 0 aliphatic carbocycles. The van der Waals surface area contributed by atoms with Gasteiger partial charge >= 0.3 is 0 Å². The van der Waals surface area contributed by atoms with Crippen molar-refractivity contribution in [3.63, 3.8) is 0 Å². The minimum atomic E-state index is -3.35. The minimum absolute atomic E-state index is 0.513. The quantitative estimate of drug-likeness (QED) is 0.695. The third-order valence-electron chi connectivity index (χ3n) is 2.27. The third-order valence-corrected chi connectivity index (χ3v) is 3.32. The lowest BCUT2D eigenvalue weighted by Gasteiger charge is -2.32. The molecule has 1 unspecified atom stereocenters. The van der Waals surface area contributed by atoms with Crippen LogP contribution in [0, 0.1) is 5.41 Å². The van der Waals surface area contributed by atoms with Crippen molar-refractivity contribution in [1.82, 2.24) is 0 Å². The molecule has 1 atom stereocenters. The molecule has 0 spiro atoms. The molecule has 1 aromatic rings. The van der Waals surface area contributed by atoms with Gasteiger partial charge in [0.1, 0.15) is 0 Å². The fourth-order valence-electron chi connectivity index (χ4n) is 1.03. The van der Waals surface area contributed by atoms with Gasteiger partial charge in [-0.2, -0.15) is 0 Å². The molecule has 0 bridgehead atoms. The maximum Gasteiger partial charge on any atom is 0.292 e. The molecular formula is C12H15F3S. The molecule has 0 aromatic heterocycles. The lowest BCUT2D eigenvalue weighted by Crippen LogP contribution is -2.41. The Labute approximate surface area is 98.2 Å². The molecule has 0 radical (unpaired) electrons. The molecule has 0 aliphatic heterocycles. The van der Waals surface area contributed by atoms with E-state index < -0.39 is 16.8 Å². The molecule has 1 rings (SSSR count). The SMILES string of the molecule is CC(C)(C)C(F)(F)C(F)Sc1ccccc1. The van der Waals surface area contributed by atoms with Gasteiger partial charge < -0.3 is 0 Å². The van der Waals surface area contributed by atoms with E-state index in [9.17, 15) is 13.2 Å². The molecule has 0 saturated carbocycles. The van der Waals surface area contributed by atoms with Crippen LogP contribution in [0.3, 0.4) is 0 Å². The van der Waals surface area contributed by atoms with Crippen molar-refractivity contribution < 1.29 is 13.2 Å². The second-order valence-corrected chi connectivity index (χ2v) is 5.74. The van der Waals surface area contributed by atoms with Gasteiger partial charge in [0.25, 0.3) is 5.92 Å². The van der Waals surface area contributed by atoms with Crippen molar-refractivity contribution in [2.45, 2.75) is 37.1 Å². The number of hydrogen-bond acceptors (Lipinski definition) is 1. The Morgan fingerprint density at radius 1 is 1.06 bits per heavy atom. The monoisotopic (exact) mass is 248 g/mol. The van der Waals surface area contributed by atoms with Crippen molar-refractivity contribution in [3.8, 4) is 0 Å². The van der Waals surface area contributed by atoms with E-state index in [1.54, 1.807) is 30.3 Å². The van der Waals surface area contributed by atoms with Crippen LogP contribution in [0.5, 0.6) is 0 Å². The van der Waals surface area contributed by atoms with E-state index in [1.165, 1.54) is 20.8 Å². The molecule has 4 heteroatoms. The van der Waals surface area contributed by atoms with Crippen molar-refractivity contribution >= 4 is 11.8 Å². The van der Waals surface area contributed by atoms with E-state index in [4.69, 9.17) is 0 Å². The second kappa shape index (κ2) is 4.70. The Bertz CT molecular complexity index is 330. The number of alkyl halides is 3. The predicted molar refractivity (Wildman–Crippen MR) is 61.6 cm³/mol. The van der Waals surface area contributed by atoms with E-state index in [0.717, 1.165) is 0 Å². The Morgan fingerprint density at radius 2 is 1.56 bits per heavy atom. The number of rotatable bonds is 3. The van der Waals surface area contributed by atoms with Gasteiger partial charge in [0.05, 0.1) is 0 Å². The first-order chi connectivity index (χ1) is 7.25. The lowest BCUT2D eigenvalue weighted by atomic mass is 9.89. The molecule has 0 N–H and O–H groups in total. The van der Waals surface area contributed by atoms with Crippen LogP contribution in [0.2, 0.25) is 0 Å². The summed E-state index contributed by atoms with van der Waals surface area (Å²) in [6.07, 6.45) is 0. The zero-order valence-electron chi connectivity index (χ0n) is 9.51. The molecule has 1 aromatic carbocycles. The standard InChI is InChI=1S/C12H15F3S/c1-11(2,3)12(14,15)10(13)16-9-7-5-4-6-8-9/h4-8,10H,1-3H3. The Kier molecular flexibility index (Phi) is 3.94. The number of halogens is 3. The van der Waals surface area contributed by atoms with E-state index in [1.807, 2.05) is 0 Å². The summed E-state index contributed by atoms with van der Waals surface area (Å²) in [6.45, 7) is 4.02. The van der Waals surface area contributed by atoms with Gasteiger partial charge in [-0.05, 0) is 12.1 Å².